The zero-order chi connectivity index (χ0) is 18.1. The number of carbonyl (C=O) groups is 3. The van der Waals surface area contributed by atoms with Crippen LogP contribution in [0.2, 0.25) is 0 Å². The predicted molar refractivity (Wildman–Crippen MR) is 92.1 cm³/mol. The van der Waals surface area contributed by atoms with E-state index in [-0.39, 0.29) is 12.0 Å². The maximum absolute atomic E-state index is 11.9. The van der Waals surface area contributed by atoms with Crippen LogP contribution in [-0.4, -0.2) is 31.6 Å². The normalized spacial score (nSPS) is 9.96. The first-order valence-electron chi connectivity index (χ1n) is 7.77. The molecule has 0 atom stereocenters. The van der Waals surface area contributed by atoms with Gasteiger partial charge in [0.25, 0.3) is 5.91 Å². The Balaban J connectivity index is 1.81. The molecule has 0 aliphatic heterocycles. The predicted octanol–water partition coefficient (Wildman–Crippen LogP) is 2.59. The van der Waals surface area contributed by atoms with Gasteiger partial charge in [-0.25, -0.2) is 4.79 Å². The third-order valence-corrected chi connectivity index (χ3v) is 3.43. The SMILES string of the molecule is COC(=O)c1ccccc1NC(=O)COC(=O)CCc1ccccc1. The molecular formula is C19H19NO5. The number of aryl methyl sites for hydroxylation is 1. The first kappa shape index (κ1) is 18.2. The largest absolute Gasteiger partial charge is 0.465 e. The number of anilines is 1. The summed E-state index contributed by atoms with van der Waals surface area (Å²) in [6.07, 6.45) is 0.739. The quantitative estimate of drug-likeness (QED) is 0.783. The smallest absolute Gasteiger partial charge is 0.339 e. The second-order valence-corrected chi connectivity index (χ2v) is 5.23. The van der Waals surface area contributed by atoms with Gasteiger partial charge >= 0.3 is 11.9 Å². The van der Waals surface area contributed by atoms with Crippen LogP contribution < -0.4 is 5.32 Å². The van der Waals surface area contributed by atoms with Crippen LogP contribution in [0, 0.1) is 0 Å². The van der Waals surface area contributed by atoms with E-state index in [1.807, 2.05) is 30.3 Å². The van der Waals surface area contributed by atoms with Crippen LogP contribution in [0.15, 0.2) is 54.6 Å². The van der Waals surface area contributed by atoms with Crippen LogP contribution in [0.4, 0.5) is 5.69 Å². The highest BCUT2D eigenvalue weighted by atomic mass is 16.5. The summed E-state index contributed by atoms with van der Waals surface area (Å²) in [5, 5.41) is 2.54. The minimum absolute atomic E-state index is 0.191. The van der Waals surface area contributed by atoms with Gasteiger partial charge in [0, 0.05) is 6.42 Å². The lowest BCUT2D eigenvalue weighted by Crippen LogP contribution is -2.22. The number of ether oxygens (including phenoxy) is 2. The van der Waals surface area contributed by atoms with E-state index in [0.29, 0.717) is 12.1 Å². The van der Waals surface area contributed by atoms with Crippen LogP contribution >= 0.6 is 0 Å². The maximum Gasteiger partial charge on any atom is 0.339 e. The molecule has 0 spiro atoms. The van der Waals surface area contributed by atoms with E-state index < -0.39 is 24.5 Å². The van der Waals surface area contributed by atoms with E-state index in [1.54, 1.807) is 18.2 Å². The molecule has 2 aromatic carbocycles. The van der Waals surface area contributed by atoms with Crippen molar-refractivity contribution in [1.82, 2.24) is 0 Å². The van der Waals surface area contributed by atoms with Gasteiger partial charge in [0.1, 0.15) is 0 Å². The lowest BCUT2D eigenvalue weighted by Gasteiger charge is -2.10. The van der Waals surface area contributed by atoms with Crippen molar-refractivity contribution in [3.63, 3.8) is 0 Å². The summed E-state index contributed by atoms with van der Waals surface area (Å²) in [6, 6.07) is 16.0. The Morgan fingerprint density at radius 2 is 1.64 bits per heavy atom. The third kappa shape index (κ3) is 5.76. The second-order valence-electron chi connectivity index (χ2n) is 5.23. The maximum atomic E-state index is 11.9. The number of methoxy groups -OCH3 is 1. The van der Waals surface area contributed by atoms with E-state index >= 15 is 0 Å². The van der Waals surface area contributed by atoms with Crippen molar-refractivity contribution >= 4 is 23.5 Å². The van der Waals surface area contributed by atoms with Gasteiger partial charge in [0.15, 0.2) is 6.61 Å². The lowest BCUT2D eigenvalue weighted by atomic mass is 10.1. The summed E-state index contributed by atoms with van der Waals surface area (Å²) in [7, 11) is 1.26. The van der Waals surface area contributed by atoms with Gasteiger partial charge in [0.2, 0.25) is 0 Å². The molecule has 0 fully saturated rings. The topological polar surface area (TPSA) is 81.7 Å². The van der Waals surface area contributed by atoms with Crippen molar-refractivity contribution in [1.29, 1.82) is 0 Å². The van der Waals surface area contributed by atoms with Gasteiger partial charge in [0.05, 0.1) is 18.4 Å². The Morgan fingerprint density at radius 3 is 2.36 bits per heavy atom. The van der Waals surface area contributed by atoms with Crippen molar-refractivity contribution in [2.75, 3.05) is 19.0 Å². The second kappa shape index (κ2) is 9.22. The molecule has 0 heterocycles. The third-order valence-electron chi connectivity index (χ3n) is 3.43. The number of benzene rings is 2. The van der Waals surface area contributed by atoms with Gasteiger partial charge in [-0.3, -0.25) is 9.59 Å². The lowest BCUT2D eigenvalue weighted by molar-refractivity contribution is -0.147. The average Bonchev–Trinajstić information content (AvgIpc) is 2.65. The number of esters is 2. The van der Waals surface area contributed by atoms with E-state index in [0.717, 1.165) is 5.56 Å². The highest BCUT2D eigenvalue weighted by Crippen LogP contribution is 2.15. The van der Waals surface area contributed by atoms with Crippen molar-refractivity contribution in [3.8, 4) is 0 Å². The summed E-state index contributed by atoms with van der Waals surface area (Å²) < 4.78 is 9.61. The van der Waals surface area contributed by atoms with Crippen LogP contribution in [0.5, 0.6) is 0 Å². The molecule has 0 aromatic heterocycles. The first-order chi connectivity index (χ1) is 12.1. The first-order valence-corrected chi connectivity index (χ1v) is 7.77. The number of carbonyl (C=O) groups excluding carboxylic acids is 3. The number of hydrogen-bond donors (Lipinski definition) is 1. The molecule has 0 saturated heterocycles. The summed E-state index contributed by atoms with van der Waals surface area (Å²) in [5.74, 6) is -1.54. The zero-order valence-corrected chi connectivity index (χ0v) is 13.9. The molecule has 0 unspecified atom stereocenters. The Morgan fingerprint density at radius 1 is 0.960 bits per heavy atom. The number of para-hydroxylation sites is 1. The molecule has 6 nitrogen and oxygen atoms in total. The molecule has 2 rings (SSSR count). The fourth-order valence-corrected chi connectivity index (χ4v) is 2.18. The molecule has 0 radical (unpaired) electrons. The molecule has 0 saturated carbocycles. The summed E-state index contributed by atoms with van der Waals surface area (Å²) in [5.41, 5.74) is 1.56. The van der Waals surface area contributed by atoms with Crippen LogP contribution in [-0.2, 0) is 25.5 Å². The standard InChI is InChI=1S/C19H19NO5/c1-24-19(23)15-9-5-6-10-16(15)20-17(21)13-25-18(22)12-11-14-7-3-2-4-8-14/h2-10H,11-13H2,1H3,(H,20,21). The zero-order valence-electron chi connectivity index (χ0n) is 13.9. The molecule has 2 aromatic rings. The number of nitrogens with one attached hydrogen (secondary N) is 1. The van der Waals surface area contributed by atoms with Crippen LogP contribution in [0.1, 0.15) is 22.3 Å². The molecule has 1 amide bonds. The molecule has 1 N–H and O–H groups in total. The van der Waals surface area contributed by atoms with Crippen molar-refractivity contribution in [2.45, 2.75) is 12.8 Å². The van der Waals surface area contributed by atoms with E-state index in [4.69, 9.17) is 4.74 Å². The minimum atomic E-state index is -0.559. The number of hydrogen-bond acceptors (Lipinski definition) is 5. The highest BCUT2D eigenvalue weighted by molar-refractivity contribution is 6.01. The minimum Gasteiger partial charge on any atom is -0.465 e. The molecule has 0 bridgehead atoms. The summed E-state index contributed by atoms with van der Waals surface area (Å²) in [6.45, 7) is -0.414. The van der Waals surface area contributed by atoms with Gasteiger partial charge in [-0.2, -0.15) is 0 Å². The molecular weight excluding hydrogens is 322 g/mol. The highest BCUT2D eigenvalue weighted by Gasteiger charge is 2.14. The Labute approximate surface area is 145 Å². The molecule has 0 aliphatic rings. The molecule has 25 heavy (non-hydrogen) atoms. The van der Waals surface area contributed by atoms with Gasteiger partial charge < -0.3 is 14.8 Å². The van der Waals surface area contributed by atoms with Crippen molar-refractivity contribution in [3.05, 3.63) is 65.7 Å². The Bertz CT molecular complexity index is 742. The fourth-order valence-electron chi connectivity index (χ4n) is 2.18. The monoisotopic (exact) mass is 341 g/mol. The van der Waals surface area contributed by atoms with Crippen LogP contribution in [0.25, 0.3) is 0 Å². The van der Waals surface area contributed by atoms with E-state index in [1.165, 1.54) is 13.2 Å². The van der Waals surface area contributed by atoms with E-state index in [2.05, 4.69) is 10.1 Å². The van der Waals surface area contributed by atoms with E-state index in [9.17, 15) is 14.4 Å². The Kier molecular flexibility index (Phi) is 6.71. The molecule has 6 heteroatoms. The fraction of sp³-hybridized carbons (Fsp3) is 0.211. The Hall–Kier alpha value is -3.15. The van der Waals surface area contributed by atoms with Crippen molar-refractivity contribution < 1.29 is 23.9 Å². The molecule has 0 aliphatic carbocycles. The molecule has 130 valence electrons. The average molecular weight is 341 g/mol. The number of rotatable bonds is 7. The van der Waals surface area contributed by atoms with Crippen LogP contribution in [0.3, 0.4) is 0 Å². The van der Waals surface area contributed by atoms with Gasteiger partial charge in [-0.05, 0) is 24.1 Å². The summed E-state index contributed by atoms with van der Waals surface area (Å²) in [4.78, 5) is 35.3. The van der Waals surface area contributed by atoms with Crippen molar-refractivity contribution in [2.24, 2.45) is 0 Å². The van der Waals surface area contributed by atoms with Gasteiger partial charge in [-0.1, -0.05) is 42.5 Å². The van der Waals surface area contributed by atoms with Gasteiger partial charge in [-0.15, -0.1) is 0 Å². The number of amides is 1. The summed E-state index contributed by atoms with van der Waals surface area (Å²) >= 11 is 0.